The molecule has 0 radical (unpaired) electrons. The normalized spacial score (nSPS) is 12.3. The first kappa shape index (κ1) is 12.8. The van der Waals surface area contributed by atoms with Gasteiger partial charge in [0.05, 0.1) is 11.5 Å². The molecule has 1 aromatic heterocycles. The summed E-state index contributed by atoms with van der Waals surface area (Å²) in [5.74, 6) is -0.894. The van der Waals surface area contributed by atoms with E-state index in [1.54, 1.807) is 0 Å². The van der Waals surface area contributed by atoms with E-state index < -0.39 is 16.9 Å². The number of non-ortho nitro benzene ring substituents is 1. The fraction of sp³-hybridized carbons (Fsp3) is 0.200. The minimum Gasteiger partial charge on any atom is -0.423 e. The van der Waals surface area contributed by atoms with Crippen molar-refractivity contribution in [3.8, 4) is 0 Å². The first-order valence-corrected chi connectivity index (χ1v) is 5.24. The van der Waals surface area contributed by atoms with E-state index >= 15 is 0 Å². The van der Waals surface area contributed by atoms with Crippen LogP contribution in [0.25, 0.3) is 11.1 Å². The Balaban J connectivity index is 2.24. The molecule has 0 fully saturated rings. The smallest absolute Gasteiger partial charge is 0.298 e. The molecule has 0 bridgehead atoms. The Bertz CT molecular complexity index is 638. The van der Waals surface area contributed by atoms with Crippen LogP contribution in [-0.4, -0.2) is 33.6 Å². The lowest BCUT2D eigenvalue weighted by molar-refractivity contribution is -0.383. The molecular formula is C10H10N4O5. The molecule has 0 aliphatic carbocycles. The molecule has 0 aliphatic heterocycles. The maximum absolute atomic E-state index is 10.8. The molecule has 0 saturated heterocycles. The van der Waals surface area contributed by atoms with Crippen molar-refractivity contribution in [3.63, 3.8) is 0 Å². The number of fused-ring (bicyclic) bond motifs is 1. The Labute approximate surface area is 106 Å². The number of hydrogen-bond donors (Lipinski definition) is 3. The average molecular weight is 266 g/mol. The van der Waals surface area contributed by atoms with Gasteiger partial charge in [0.1, 0.15) is 6.10 Å². The zero-order valence-corrected chi connectivity index (χ0v) is 9.57. The van der Waals surface area contributed by atoms with E-state index in [9.17, 15) is 20.0 Å². The second-order valence-electron chi connectivity index (χ2n) is 3.70. The Morgan fingerprint density at radius 3 is 3.00 bits per heavy atom. The van der Waals surface area contributed by atoms with Crippen molar-refractivity contribution in [2.75, 3.05) is 11.9 Å². The summed E-state index contributed by atoms with van der Waals surface area (Å²) in [6.07, 6.45) is -1.40. The minimum atomic E-state index is -1.40. The molecule has 2 rings (SSSR count). The highest BCUT2D eigenvalue weighted by atomic mass is 16.6. The van der Waals surface area contributed by atoms with Gasteiger partial charge in [-0.1, -0.05) is 6.07 Å². The number of para-hydroxylation sites is 1. The lowest BCUT2D eigenvalue weighted by Gasteiger charge is -2.05. The number of benzene rings is 1. The Kier molecular flexibility index (Phi) is 3.29. The summed E-state index contributed by atoms with van der Waals surface area (Å²) in [6, 6.07) is 4.25. The van der Waals surface area contributed by atoms with Crippen LogP contribution in [-0.2, 0) is 4.79 Å². The average Bonchev–Trinajstić information content (AvgIpc) is 2.77. The fourth-order valence-corrected chi connectivity index (χ4v) is 1.44. The van der Waals surface area contributed by atoms with E-state index in [0.717, 1.165) is 0 Å². The fourth-order valence-electron chi connectivity index (χ4n) is 1.44. The van der Waals surface area contributed by atoms with E-state index in [0.29, 0.717) is 0 Å². The van der Waals surface area contributed by atoms with Crippen LogP contribution in [0.3, 0.4) is 0 Å². The van der Waals surface area contributed by atoms with E-state index in [4.69, 9.17) is 10.2 Å². The number of aliphatic hydroxyl groups is 1. The number of nitrogens with two attached hydrogens (primary N) is 1. The monoisotopic (exact) mass is 266 g/mol. The van der Waals surface area contributed by atoms with Crippen molar-refractivity contribution >= 4 is 28.7 Å². The molecule has 1 aromatic carbocycles. The first-order valence-electron chi connectivity index (χ1n) is 5.24. The molecule has 100 valence electrons. The number of rotatable bonds is 5. The van der Waals surface area contributed by atoms with Crippen molar-refractivity contribution in [1.29, 1.82) is 0 Å². The van der Waals surface area contributed by atoms with Crippen molar-refractivity contribution in [2.45, 2.75) is 6.10 Å². The van der Waals surface area contributed by atoms with Crippen LogP contribution in [0.1, 0.15) is 0 Å². The van der Waals surface area contributed by atoms with Crippen LogP contribution >= 0.6 is 0 Å². The Hall–Kier alpha value is -2.68. The number of hydrogen-bond acceptors (Lipinski definition) is 7. The van der Waals surface area contributed by atoms with Crippen molar-refractivity contribution in [3.05, 3.63) is 28.3 Å². The van der Waals surface area contributed by atoms with Crippen molar-refractivity contribution in [2.24, 2.45) is 5.73 Å². The predicted octanol–water partition coefficient (Wildman–Crippen LogP) is -0.00590. The maximum Gasteiger partial charge on any atom is 0.298 e. The summed E-state index contributed by atoms with van der Waals surface area (Å²) in [5.41, 5.74) is 4.99. The summed E-state index contributed by atoms with van der Waals surface area (Å²) in [6.45, 7) is -0.198. The van der Waals surface area contributed by atoms with Gasteiger partial charge in [0.15, 0.2) is 11.1 Å². The number of aromatic nitrogens is 1. The van der Waals surface area contributed by atoms with Gasteiger partial charge in [-0.2, -0.15) is 4.98 Å². The summed E-state index contributed by atoms with van der Waals surface area (Å²) in [4.78, 5) is 24.7. The standard InChI is InChI=1S/C10H10N4O5/c11-9(16)6(15)4-12-10-13-8-5(14(17)18)2-1-3-7(8)19-10/h1-3,6,15H,4H2,(H2,11,16)(H,12,13). The molecule has 4 N–H and O–H groups in total. The van der Waals surface area contributed by atoms with E-state index in [2.05, 4.69) is 10.3 Å². The van der Waals surface area contributed by atoms with E-state index in [1.165, 1.54) is 18.2 Å². The molecule has 2 aromatic rings. The molecule has 0 aliphatic rings. The number of nitro groups is 1. The second-order valence-corrected chi connectivity index (χ2v) is 3.70. The molecule has 9 nitrogen and oxygen atoms in total. The van der Waals surface area contributed by atoms with Crippen LogP contribution < -0.4 is 11.1 Å². The zero-order valence-electron chi connectivity index (χ0n) is 9.57. The van der Waals surface area contributed by atoms with Crippen molar-refractivity contribution < 1.29 is 19.2 Å². The van der Waals surface area contributed by atoms with Gasteiger partial charge in [0, 0.05) is 6.07 Å². The molecule has 1 amide bonds. The zero-order chi connectivity index (χ0) is 14.0. The third-order valence-electron chi connectivity index (χ3n) is 2.37. The van der Waals surface area contributed by atoms with Crippen LogP contribution in [0.4, 0.5) is 11.7 Å². The second kappa shape index (κ2) is 4.90. The number of nitro benzene ring substituents is 1. The van der Waals surface area contributed by atoms with E-state index in [-0.39, 0.29) is 29.3 Å². The van der Waals surface area contributed by atoms with Gasteiger partial charge in [0.2, 0.25) is 5.91 Å². The Morgan fingerprint density at radius 1 is 1.63 bits per heavy atom. The molecule has 9 heteroatoms. The van der Waals surface area contributed by atoms with Crippen LogP contribution in [0, 0.1) is 10.1 Å². The molecule has 0 spiro atoms. The largest absolute Gasteiger partial charge is 0.423 e. The van der Waals surface area contributed by atoms with Gasteiger partial charge in [-0.05, 0) is 6.07 Å². The summed E-state index contributed by atoms with van der Waals surface area (Å²) in [7, 11) is 0. The van der Waals surface area contributed by atoms with Crippen molar-refractivity contribution in [1.82, 2.24) is 4.98 Å². The number of nitrogens with one attached hydrogen (secondary N) is 1. The van der Waals surface area contributed by atoms with E-state index in [1.807, 2.05) is 0 Å². The van der Waals surface area contributed by atoms with Gasteiger partial charge in [-0.15, -0.1) is 0 Å². The lowest BCUT2D eigenvalue weighted by atomic mass is 10.3. The van der Waals surface area contributed by atoms with Crippen LogP contribution in [0.15, 0.2) is 22.6 Å². The van der Waals surface area contributed by atoms with Gasteiger partial charge in [-0.25, -0.2) is 0 Å². The highest BCUT2D eigenvalue weighted by molar-refractivity contribution is 5.84. The van der Waals surface area contributed by atoms with Crippen LogP contribution in [0.5, 0.6) is 0 Å². The maximum atomic E-state index is 10.8. The molecule has 0 saturated carbocycles. The topological polar surface area (TPSA) is 145 Å². The highest BCUT2D eigenvalue weighted by Crippen LogP contribution is 2.27. The summed E-state index contributed by atoms with van der Waals surface area (Å²) < 4.78 is 5.20. The molecule has 19 heavy (non-hydrogen) atoms. The first-order chi connectivity index (χ1) is 8.99. The quantitative estimate of drug-likeness (QED) is 0.509. The van der Waals surface area contributed by atoms with Gasteiger partial charge in [-0.3, -0.25) is 14.9 Å². The SMILES string of the molecule is NC(=O)C(O)CNc1nc2c([N+](=O)[O-])cccc2o1. The van der Waals surface area contributed by atoms with Gasteiger partial charge >= 0.3 is 0 Å². The third kappa shape index (κ3) is 2.60. The molecule has 1 unspecified atom stereocenters. The number of anilines is 1. The number of amides is 1. The number of carbonyl (C=O) groups is 1. The van der Waals surface area contributed by atoms with Crippen LogP contribution in [0.2, 0.25) is 0 Å². The summed E-state index contributed by atoms with van der Waals surface area (Å²) in [5, 5.41) is 22.5. The van der Waals surface area contributed by atoms with Gasteiger partial charge in [0.25, 0.3) is 11.7 Å². The molecular weight excluding hydrogens is 256 g/mol. The minimum absolute atomic E-state index is 0.0374. The lowest BCUT2D eigenvalue weighted by Crippen LogP contribution is -2.34. The molecule has 1 heterocycles. The number of oxazole rings is 1. The summed E-state index contributed by atoms with van der Waals surface area (Å²) >= 11 is 0. The number of nitrogens with zero attached hydrogens (tertiary/aromatic N) is 2. The Morgan fingerprint density at radius 2 is 2.37 bits per heavy atom. The van der Waals surface area contributed by atoms with Gasteiger partial charge < -0.3 is 20.6 Å². The number of carbonyl (C=O) groups excluding carboxylic acids is 1. The molecule has 1 atom stereocenters. The number of primary amides is 1. The number of aliphatic hydroxyl groups excluding tert-OH is 1. The highest BCUT2D eigenvalue weighted by Gasteiger charge is 2.18. The third-order valence-corrected chi connectivity index (χ3v) is 2.37. The predicted molar refractivity (Wildman–Crippen MR) is 64.4 cm³/mol.